The molecule has 0 saturated carbocycles. The number of thiocarbonyl (C=S) groups is 1. The minimum Gasteiger partial charge on any atom is -0.461 e. The summed E-state index contributed by atoms with van der Waals surface area (Å²) in [6.07, 6.45) is 3.46. The van der Waals surface area contributed by atoms with Crippen LogP contribution in [0.1, 0.15) is 67.1 Å². The summed E-state index contributed by atoms with van der Waals surface area (Å²) < 4.78 is 38.6. The van der Waals surface area contributed by atoms with E-state index >= 15 is 0 Å². The van der Waals surface area contributed by atoms with Crippen LogP contribution in [0.2, 0.25) is 22.2 Å². The van der Waals surface area contributed by atoms with Gasteiger partial charge in [-0.25, -0.2) is 9.78 Å². The first-order valence-corrected chi connectivity index (χ1v) is 18.6. The number of hydrogen-bond acceptors (Lipinski definition) is 9. The van der Waals surface area contributed by atoms with Crippen molar-refractivity contribution >= 4 is 34.5 Å². The van der Waals surface area contributed by atoms with Crippen LogP contribution in [0.15, 0.2) is 34.5 Å². The number of ether oxygens (including phenoxy) is 2. The molecule has 2 aliphatic heterocycles. The number of hydrogen-bond donors (Lipinski definition) is 0. The molecule has 2 saturated heterocycles. The van der Waals surface area contributed by atoms with Gasteiger partial charge in [0.2, 0.25) is 0 Å². The van der Waals surface area contributed by atoms with Crippen molar-refractivity contribution in [3.05, 3.63) is 51.3 Å². The Kier molecular flexibility index (Phi) is 9.34. The highest BCUT2D eigenvalue weighted by Crippen LogP contribution is 2.49. The molecular weight excluding hydrogens is 581 g/mol. The standard InChI is InChI=1S/C27H44N4O7SSi2/c1-16(2)40(17(3)4)34-14-21-23(37-41(38-40,18(5)6)19(7)8)24(36-27(39)31-12-11-28-15-31)22(35-21)20-13-29(9)26(33)30(10)25(20)32/h11-13,15-19,21-24H,14H2,1-10H3. The molecule has 4 unspecified atom stereocenters. The van der Waals surface area contributed by atoms with Crippen LogP contribution in [-0.2, 0) is 36.5 Å². The van der Waals surface area contributed by atoms with Gasteiger partial charge in [0.1, 0.15) is 24.6 Å². The molecule has 0 spiro atoms. The topological polar surface area (TPSA) is 108 Å². The summed E-state index contributed by atoms with van der Waals surface area (Å²) in [5, 5.41) is 0.144. The molecule has 0 N–H and O–H groups in total. The molecule has 4 rings (SSSR count). The van der Waals surface area contributed by atoms with Crippen molar-refractivity contribution in [3.8, 4) is 0 Å². The van der Waals surface area contributed by atoms with Gasteiger partial charge in [-0.15, -0.1) is 0 Å². The van der Waals surface area contributed by atoms with Crippen molar-refractivity contribution in [2.75, 3.05) is 6.61 Å². The van der Waals surface area contributed by atoms with E-state index in [9.17, 15) is 9.59 Å². The Morgan fingerprint density at radius 2 is 1.63 bits per heavy atom. The predicted octanol–water partition coefficient (Wildman–Crippen LogP) is 3.90. The first kappa shape index (κ1) is 32.0. The number of fused-ring (bicyclic) bond motifs is 1. The Balaban J connectivity index is 1.89. The van der Waals surface area contributed by atoms with E-state index in [0.29, 0.717) is 0 Å². The molecule has 2 aliphatic rings. The van der Waals surface area contributed by atoms with Crippen molar-refractivity contribution in [2.45, 2.75) is 102 Å². The summed E-state index contributed by atoms with van der Waals surface area (Å²) in [5.74, 6) is 0. The molecule has 11 nitrogen and oxygen atoms in total. The molecule has 0 radical (unpaired) electrons. The monoisotopic (exact) mass is 624 g/mol. The summed E-state index contributed by atoms with van der Waals surface area (Å²) in [7, 11) is -2.78. The molecule has 228 valence electrons. The van der Waals surface area contributed by atoms with Gasteiger partial charge in [0.15, 0.2) is 6.10 Å². The first-order valence-electron chi connectivity index (χ1n) is 14.3. The Morgan fingerprint density at radius 3 is 2.17 bits per heavy atom. The largest absolute Gasteiger partial charge is 0.461 e. The lowest BCUT2D eigenvalue weighted by molar-refractivity contribution is -0.0393. The molecule has 0 aromatic carbocycles. The minimum absolute atomic E-state index is 0.0833. The van der Waals surface area contributed by atoms with E-state index in [1.165, 1.54) is 17.8 Å². The molecule has 4 atom stereocenters. The summed E-state index contributed by atoms with van der Waals surface area (Å²) in [6, 6.07) is 0. The fourth-order valence-corrected chi connectivity index (χ4v) is 17.5. The van der Waals surface area contributed by atoms with Gasteiger partial charge >= 0.3 is 22.8 Å². The van der Waals surface area contributed by atoms with Gasteiger partial charge in [-0.05, 0) is 34.4 Å². The van der Waals surface area contributed by atoms with Crippen LogP contribution < -0.4 is 11.2 Å². The first-order chi connectivity index (χ1) is 19.2. The van der Waals surface area contributed by atoms with Crippen LogP contribution >= 0.6 is 12.2 Å². The van der Waals surface area contributed by atoms with Crippen LogP contribution in [0.3, 0.4) is 0 Å². The Labute approximate surface area is 249 Å². The second-order valence-corrected chi connectivity index (χ2v) is 21.5. The fraction of sp³-hybridized carbons (Fsp3) is 0.704. The zero-order valence-corrected chi connectivity index (χ0v) is 28.5. The van der Waals surface area contributed by atoms with Gasteiger partial charge in [-0.2, -0.15) is 0 Å². The van der Waals surface area contributed by atoms with E-state index in [4.69, 9.17) is 34.7 Å². The van der Waals surface area contributed by atoms with Gasteiger partial charge in [-0.1, -0.05) is 55.4 Å². The Bertz CT molecular complexity index is 1340. The zero-order chi connectivity index (χ0) is 30.4. The van der Waals surface area contributed by atoms with Crippen LogP contribution in [0.4, 0.5) is 0 Å². The third kappa shape index (κ3) is 5.59. The third-order valence-corrected chi connectivity index (χ3v) is 18.9. The van der Waals surface area contributed by atoms with Gasteiger partial charge < -0.3 is 27.0 Å². The van der Waals surface area contributed by atoms with Crippen molar-refractivity contribution in [2.24, 2.45) is 14.1 Å². The lowest BCUT2D eigenvalue weighted by Crippen LogP contribution is -2.66. The maximum Gasteiger partial charge on any atom is 0.335 e. The van der Waals surface area contributed by atoms with Gasteiger partial charge in [0, 0.05) is 32.7 Å². The van der Waals surface area contributed by atoms with Crippen molar-refractivity contribution < 1.29 is 22.4 Å². The molecule has 2 fully saturated rings. The Hall–Kier alpha value is -1.95. The maximum absolute atomic E-state index is 13.4. The molecule has 41 heavy (non-hydrogen) atoms. The van der Waals surface area contributed by atoms with E-state index in [1.807, 2.05) is 0 Å². The van der Waals surface area contributed by atoms with Crippen molar-refractivity contribution in [3.63, 3.8) is 0 Å². The van der Waals surface area contributed by atoms with E-state index in [0.717, 1.165) is 4.57 Å². The molecule has 14 heteroatoms. The van der Waals surface area contributed by atoms with E-state index in [-0.39, 0.29) is 39.5 Å². The number of imidazole rings is 1. The second-order valence-electron chi connectivity index (χ2n) is 12.3. The number of aromatic nitrogens is 4. The molecule has 0 amide bonds. The fourth-order valence-electron chi connectivity index (χ4n) is 6.10. The highest BCUT2D eigenvalue weighted by Gasteiger charge is 2.62. The molecule has 0 bridgehead atoms. The van der Waals surface area contributed by atoms with Crippen molar-refractivity contribution in [1.82, 2.24) is 18.7 Å². The highest BCUT2D eigenvalue weighted by molar-refractivity contribution is 7.80. The average Bonchev–Trinajstić information content (AvgIpc) is 3.53. The molecular formula is C27H44N4O7SSi2. The second kappa shape index (κ2) is 12.0. The summed E-state index contributed by atoms with van der Waals surface area (Å²) >= 11 is 5.65. The molecule has 2 aromatic rings. The lowest BCUT2D eigenvalue weighted by Gasteiger charge is -2.51. The minimum atomic E-state index is -3.02. The molecule has 4 heterocycles. The molecule has 2 aromatic heterocycles. The van der Waals surface area contributed by atoms with Gasteiger partial charge in [0.05, 0.1) is 12.2 Å². The zero-order valence-electron chi connectivity index (χ0n) is 25.7. The van der Waals surface area contributed by atoms with Crippen LogP contribution in [0.5, 0.6) is 0 Å². The number of aryl methyl sites for hydroxylation is 1. The Morgan fingerprint density at radius 1 is 1.02 bits per heavy atom. The van der Waals surface area contributed by atoms with E-state index in [2.05, 4.69) is 60.4 Å². The highest BCUT2D eigenvalue weighted by atomic mass is 32.1. The predicted molar refractivity (Wildman–Crippen MR) is 163 cm³/mol. The van der Waals surface area contributed by atoms with Crippen molar-refractivity contribution in [1.29, 1.82) is 0 Å². The average molecular weight is 625 g/mol. The van der Waals surface area contributed by atoms with E-state index in [1.54, 1.807) is 30.3 Å². The summed E-state index contributed by atoms with van der Waals surface area (Å²) in [4.78, 5) is 30.0. The van der Waals surface area contributed by atoms with Crippen LogP contribution in [-0.4, -0.2) is 65.9 Å². The summed E-state index contributed by atoms with van der Waals surface area (Å²) in [5.41, 5.74) is -0.113. The smallest absolute Gasteiger partial charge is 0.335 e. The quantitative estimate of drug-likeness (QED) is 0.349. The normalized spacial score (nSPS) is 25.9. The lowest BCUT2D eigenvalue weighted by atomic mass is 10.0. The van der Waals surface area contributed by atoms with Gasteiger partial charge in [-0.3, -0.25) is 13.9 Å². The van der Waals surface area contributed by atoms with Crippen LogP contribution in [0.25, 0.3) is 0 Å². The molecule has 0 aliphatic carbocycles. The van der Waals surface area contributed by atoms with Gasteiger partial charge in [0.25, 0.3) is 10.7 Å². The number of rotatable bonds is 6. The third-order valence-electron chi connectivity index (χ3n) is 8.37. The summed E-state index contributed by atoms with van der Waals surface area (Å²) in [6.45, 7) is 17.4. The van der Waals surface area contributed by atoms with E-state index < -0.39 is 52.8 Å². The number of nitrogens with zero attached hydrogens (tertiary/aromatic N) is 4. The SMILES string of the molecule is CC(C)[Si]1(C(C)C)OCC2OC(c3cn(C)c(=O)n(C)c3=O)C(OC(=S)n3ccnc3)C2O[Si](C(C)C)(C(C)C)O1. The maximum atomic E-state index is 13.4. The van der Waals surface area contributed by atoms with Crippen LogP contribution in [0, 0.1) is 0 Å².